The average molecular weight is 281 g/mol. The number of nitrogens with one attached hydrogen (secondary N) is 1. The summed E-state index contributed by atoms with van der Waals surface area (Å²) in [6.07, 6.45) is 9.05. The molecular formula is C15H23NS2. The maximum Gasteiger partial charge on any atom is 0.0340 e. The number of benzene rings is 1. The van der Waals surface area contributed by atoms with Gasteiger partial charge in [-0.15, -0.1) is 11.8 Å². The largest absolute Gasteiger partial charge is 0.385 e. The highest BCUT2D eigenvalue weighted by Crippen LogP contribution is 2.34. The lowest BCUT2D eigenvalue weighted by molar-refractivity contribution is 0.886. The highest BCUT2D eigenvalue weighted by Gasteiger charge is 2.15. The van der Waals surface area contributed by atoms with Crippen molar-refractivity contribution in [3.8, 4) is 0 Å². The highest BCUT2D eigenvalue weighted by molar-refractivity contribution is 8.00. The molecule has 1 aromatic rings. The van der Waals surface area contributed by atoms with Gasteiger partial charge in [-0.05, 0) is 55.5 Å². The fraction of sp³-hybridized carbons (Fsp3) is 0.600. The zero-order chi connectivity index (χ0) is 12.6. The van der Waals surface area contributed by atoms with Gasteiger partial charge in [-0.1, -0.05) is 12.8 Å². The van der Waals surface area contributed by atoms with Crippen LogP contribution in [-0.2, 0) is 0 Å². The Bertz CT molecular complexity index is 331. The summed E-state index contributed by atoms with van der Waals surface area (Å²) >= 11 is 3.97. The molecule has 18 heavy (non-hydrogen) atoms. The highest BCUT2D eigenvalue weighted by atomic mass is 32.2. The summed E-state index contributed by atoms with van der Waals surface area (Å²) in [7, 11) is 0. The van der Waals surface area contributed by atoms with Crippen LogP contribution < -0.4 is 5.32 Å². The molecule has 0 atom stereocenters. The van der Waals surface area contributed by atoms with E-state index in [1.807, 2.05) is 11.8 Å². The van der Waals surface area contributed by atoms with Crippen molar-refractivity contribution in [2.24, 2.45) is 0 Å². The van der Waals surface area contributed by atoms with Crippen LogP contribution in [0.5, 0.6) is 0 Å². The molecule has 1 nitrogen and oxygen atoms in total. The summed E-state index contributed by atoms with van der Waals surface area (Å²) < 4.78 is 0. The van der Waals surface area contributed by atoms with E-state index >= 15 is 0 Å². The Labute approximate surface area is 120 Å². The van der Waals surface area contributed by atoms with Crippen molar-refractivity contribution in [2.45, 2.75) is 42.2 Å². The van der Waals surface area contributed by atoms with Gasteiger partial charge in [-0.2, -0.15) is 11.8 Å². The molecule has 2 rings (SSSR count). The van der Waals surface area contributed by atoms with Crippen LogP contribution >= 0.6 is 23.5 Å². The number of thioether (sulfide) groups is 2. The SMILES string of the molecule is CSCCCNc1ccc(SC2CCCC2)cc1. The molecule has 0 aliphatic heterocycles. The van der Waals surface area contributed by atoms with E-state index in [1.165, 1.54) is 48.4 Å². The van der Waals surface area contributed by atoms with E-state index in [9.17, 15) is 0 Å². The molecule has 100 valence electrons. The van der Waals surface area contributed by atoms with Crippen LogP contribution in [0.2, 0.25) is 0 Å². The third kappa shape index (κ3) is 4.77. The second-order valence-corrected chi connectivity index (χ2v) is 7.18. The van der Waals surface area contributed by atoms with E-state index in [2.05, 4.69) is 47.6 Å². The minimum Gasteiger partial charge on any atom is -0.385 e. The molecule has 1 saturated carbocycles. The van der Waals surface area contributed by atoms with Gasteiger partial charge in [0, 0.05) is 22.4 Å². The third-order valence-electron chi connectivity index (χ3n) is 3.31. The Morgan fingerprint density at radius 1 is 1.17 bits per heavy atom. The Morgan fingerprint density at radius 3 is 2.56 bits per heavy atom. The smallest absolute Gasteiger partial charge is 0.0340 e. The zero-order valence-electron chi connectivity index (χ0n) is 11.2. The van der Waals surface area contributed by atoms with Crippen molar-refractivity contribution in [1.82, 2.24) is 0 Å². The van der Waals surface area contributed by atoms with E-state index in [1.54, 1.807) is 0 Å². The molecule has 0 heterocycles. The van der Waals surface area contributed by atoms with E-state index in [-0.39, 0.29) is 0 Å². The number of hydrogen-bond donors (Lipinski definition) is 1. The molecule has 0 aromatic heterocycles. The second-order valence-electron chi connectivity index (χ2n) is 4.82. The van der Waals surface area contributed by atoms with Crippen LogP contribution in [0.3, 0.4) is 0 Å². The first-order valence-electron chi connectivity index (χ1n) is 6.88. The molecule has 0 saturated heterocycles. The fourth-order valence-corrected chi connectivity index (χ4v) is 3.98. The maximum atomic E-state index is 3.48. The Kier molecular flexibility index (Phi) is 6.29. The average Bonchev–Trinajstić information content (AvgIpc) is 2.89. The maximum absolute atomic E-state index is 3.48. The minimum atomic E-state index is 0.866. The molecule has 3 heteroatoms. The lowest BCUT2D eigenvalue weighted by Gasteiger charge is -2.10. The van der Waals surface area contributed by atoms with Gasteiger partial charge in [0.1, 0.15) is 0 Å². The van der Waals surface area contributed by atoms with E-state index in [0.717, 1.165) is 11.8 Å². The van der Waals surface area contributed by atoms with Gasteiger partial charge in [-0.25, -0.2) is 0 Å². The summed E-state index contributed by atoms with van der Waals surface area (Å²) in [5.41, 5.74) is 1.26. The predicted molar refractivity (Wildman–Crippen MR) is 86.0 cm³/mol. The molecule has 0 spiro atoms. The van der Waals surface area contributed by atoms with Crippen LogP contribution in [-0.4, -0.2) is 23.8 Å². The summed E-state index contributed by atoms with van der Waals surface area (Å²) in [4.78, 5) is 1.43. The topological polar surface area (TPSA) is 12.0 Å². The van der Waals surface area contributed by atoms with Gasteiger partial charge in [0.15, 0.2) is 0 Å². The lowest BCUT2D eigenvalue weighted by Crippen LogP contribution is -2.02. The van der Waals surface area contributed by atoms with Crippen LogP contribution in [0.15, 0.2) is 29.2 Å². The minimum absolute atomic E-state index is 0.866. The molecule has 0 unspecified atom stereocenters. The third-order valence-corrected chi connectivity index (χ3v) is 5.36. The van der Waals surface area contributed by atoms with Crippen molar-refractivity contribution in [3.05, 3.63) is 24.3 Å². The normalized spacial score (nSPS) is 16.1. The van der Waals surface area contributed by atoms with E-state index in [4.69, 9.17) is 0 Å². The first-order chi connectivity index (χ1) is 8.88. The molecule has 1 N–H and O–H groups in total. The summed E-state index contributed by atoms with van der Waals surface area (Å²) in [5.74, 6) is 1.24. The summed E-state index contributed by atoms with van der Waals surface area (Å²) in [6.45, 7) is 1.08. The second kappa shape index (κ2) is 8.00. The van der Waals surface area contributed by atoms with Crippen LogP contribution in [0.1, 0.15) is 32.1 Å². The lowest BCUT2D eigenvalue weighted by atomic mass is 10.3. The van der Waals surface area contributed by atoms with Crippen LogP contribution in [0, 0.1) is 0 Å². The molecule has 0 amide bonds. The molecular weight excluding hydrogens is 258 g/mol. The van der Waals surface area contributed by atoms with Gasteiger partial charge in [-0.3, -0.25) is 0 Å². The van der Waals surface area contributed by atoms with Gasteiger partial charge in [0.2, 0.25) is 0 Å². The van der Waals surface area contributed by atoms with Crippen molar-refractivity contribution in [2.75, 3.05) is 23.9 Å². The predicted octanol–water partition coefficient (Wildman–Crippen LogP) is 4.89. The fourth-order valence-electron chi connectivity index (χ4n) is 2.30. The Balaban J connectivity index is 1.74. The number of anilines is 1. The van der Waals surface area contributed by atoms with Crippen molar-refractivity contribution < 1.29 is 0 Å². The standard InChI is InChI=1S/C15H23NS2/c1-17-12-4-11-16-13-7-9-15(10-8-13)18-14-5-2-3-6-14/h7-10,14,16H,2-6,11-12H2,1H3. The number of rotatable bonds is 7. The Morgan fingerprint density at radius 2 is 1.89 bits per heavy atom. The molecule has 0 radical (unpaired) electrons. The van der Waals surface area contributed by atoms with E-state index < -0.39 is 0 Å². The van der Waals surface area contributed by atoms with Crippen LogP contribution in [0.25, 0.3) is 0 Å². The summed E-state index contributed by atoms with van der Waals surface area (Å²) in [6, 6.07) is 8.96. The monoisotopic (exact) mass is 281 g/mol. The van der Waals surface area contributed by atoms with E-state index in [0.29, 0.717) is 0 Å². The molecule has 0 bridgehead atoms. The molecule has 1 aromatic carbocycles. The summed E-state index contributed by atoms with van der Waals surface area (Å²) in [5, 5.41) is 4.34. The van der Waals surface area contributed by atoms with Gasteiger partial charge in [0.25, 0.3) is 0 Å². The van der Waals surface area contributed by atoms with Gasteiger partial charge >= 0.3 is 0 Å². The van der Waals surface area contributed by atoms with Crippen molar-refractivity contribution in [3.63, 3.8) is 0 Å². The van der Waals surface area contributed by atoms with Crippen LogP contribution in [0.4, 0.5) is 5.69 Å². The zero-order valence-corrected chi connectivity index (χ0v) is 12.8. The Hall–Kier alpha value is -0.280. The van der Waals surface area contributed by atoms with Crippen molar-refractivity contribution >= 4 is 29.2 Å². The molecule has 1 fully saturated rings. The first kappa shape index (κ1) is 14.1. The number of hydrogen-bond acceptors (Lipinski definition) is 3. The first-order valence-corrected chi connectivity index (χ1v) is 9.15. The molecule has 1 aliphatic carbocycles. The van der Waals surface area contributed by atoms with Gasteiger partial charge < -0.3 is 5.32 Å². The van der Waals surface area contributed by atoms with Gasteiger partial charge in [0.05, 0.1) is 0 Å². The van der Waals surface area contributed by atoms with Crippen molar-refractivity contribution in [1.29, 1.82) is 0 Å². The molecule has 1 aliphatic rings. The quantitative estimate of drug-likeness (QED) is 0.715.